The molecule has 0 aliphatic heterocycles. The second-order valence-corrected chi connectivity index (χ2v) is 6.52. The Hall–Kier alpha value is -3.46. The van der Waals surface area contributed by atoms with Gasteiger partial charge in [-0.25, -0.2) is 14.1 Å². The maximum Gasteiger partial charge on any atom is 0.278 e. The molecule has 0 spiro atoms. The highest BCUT2D eigenvalue weighted by atomic mass is 32.1. The highest BCUT2D eigenvalue weighted by Crippen LogP contribution is 2.25. The summed E-state index contributed by atoms with van der Waals surface area (Å²) in [6, 6.07) is 12.8. The van der Waals surface area contributed by atoms with Crippen LogP contribution in [0.2, 0.25) is 0 Å². The topological polar surface area (TPSA) is 89.8 Å². The van der Waals surface area contributed by atoms with Crippen molar-refractivity contribution in [2.24, 2.45) is 0 Å². The van der Waals surface area contributed by atoms with Gasteiger partial charge in [-0.2, -0.15) is 0 Å². The minimum atomic E-state index is -0.457. The van der Waals surface area contributed by atoms with Crippen molar-refractivity contribution < 1.29 is 9.18 Å². The number of anilines is 1. The molecule has 27 heavy (non-hydrogen) atoms. The van der Waals surface area contributed by atoms with Crippen LogP contribution in [0.3, 0.4) is 0 Å². The smallest absolute Gasteiger partial charge is 0.278 e. The van der Waals surface area contributed by atoms with E-state index in [1.165, 1.54) is 23.5 Å². The van der Waals surface area contributed by atoms with Gasteiger partial charge in [-0.15, -0.1) is 16.4 Å². The van der Waals surface area contributed by atoms with Gasteiger partial charge < -0.3 is 5.32 Å². The van der Waals surface area contributed by atoms with E-state index < -0.39 is 11.5 Å². The average molecular weight is 381 g/mol. The molecule has 0 unspecified atom stereocenters. The van der Waals surface area contributed by atoms with Crippen LogP contribution in [0, 0.1) is 5.82 Å². The fourth-order valence-corrected chi connectivity index (χ4v) is 3.27. The number of rotatable bonds is 4. The van der Waals surface area contributed by atoms with Crippen molar-refractivity contribution in [3.63, 3.8) is 0 Å². The summed E-state index contributed by atoms with van der Waals surface area (Å²) in [6.07, 6.45) is 0. The molecule has 7 nitrogen and oxygen atoms in total. The van der Waals surface area contributed by atoms with Crippen LogP contribution in [0.5, 0.6) is 0 Å². The minimum absolute atomic E-state index is 0.286. The second kappa shape index (κ2) is 7.04. The van der Waals surface area contributed by atoms with Crippen LogP contribution in [0.4, 0.5) is 9.52 Å². The summed E-state index contributed by atoms with van der Waals surface area (Å²) in [5.41, 5.74) is 1.25. The summed E-state index contributed by atoms with van der Waals surface area (Å²) in [5.74, 6) is -0.817. The quantitative estimate of drug-likeness (QED) is 0.587. The normalized spacial score (nSPS) is 10.9. The molecule has 0 fully saturated rings. The van der Waals surface area contributed by atoms with Crippen LogP contribution >= 0.6 is 11.3 Å². The Morgan fingerprint density at radius 1 is 1.19 bits per heavy atom. The molecule has 0 atom stereocenters. The lowest BCUT2D eigenvalue weighted by Crippen LogP contribution is -2.30. The monoisotopic (exact) mass is 381 g/mol. The molecule has 2 heterocycles. The molecule has 4 rings (SSSR count). The fourth-order valence-electron chi connectivity index (χ4n) is 2.53. The first kappa shape index (κ1) is 17.0. The maximum absolute atomic E-state index is 13.3. The Balaban J connectivity index is 1.50. The van der Waals surface area contributed by atoms with E-state index >= 15 is 0 Å². The third kappa shape index (κ3) is 3.58. The predicted octanol–water partition coefficient (Wildman–Crippen LogP) is 2.69. The van der Waals surface area contributed by atoms with Gasteiger partial charge in [0, 0.05) is 10.9 Å². The second-order valence-electron chi connectivity index (χ2n) is 5.67. The molecule has 0 bridgehead atoms. The summed E-state index contributed by atoms with van der Waals surface area (Å²) in [4.78, 5) is 28.9. The van der Waals surface area contributed by atoms with Crippen molar-refractivity contribution in [2.45, 2.75) is 6.54 Å². The van der Waals surface area contributed by atoms with Crippen molar-refractivity contribution in [1.82, 2.24) is 20.0 Å². The van der Waals surface area contributed by atoms with E-state index in [1.54, 1.807) is 41.8 Å². The number of thiazole rings is 1. The van der Waals surface area contributed by atoms with Gasteiger partial charge in [-0.05, 0) is 24.3 Å². The Morgan fingerprint density at radius 2 is 2.04 bits per heavy atom. The molecule has 9 heteroatoms. The van der Waals surface area contributed by atoms with E-state index in [-0.39, 0.29) is 12.4 Å². The highest BCUT2D eigenvalue weighted by molar-refractivity contribution is 7.14. The van der Waals surface area contributed by atoms with Gasteiger partial charge in [-0.3, -0.25) is 9.59 Å². The molecule has 2 aromatic carbocycles. The largest absolute Gasteiger partial charge is 0.300 e. The Kier molecular flexibility index (Phi) is 4.43. The average Bonchev–Trinajstić information content (AvgIpc) is 3.13. The maximum atomic E-state index is 13.3. The number of aromatic nitrogens is 4. The van der Waals surface area contributed by atoms with Gasteiger partial charge in [0.1, 0.15) is 17.9 Å². The Labute approximate surface area is 156 Å². The van der Waals surface area contributed by atoms with E-state index in [1.807, 2.05) is 0 Å². The molecule has 0 aliphatic carbocycles. The first-order chi connectivity index (χ1) is 13.1. The van der Waals surface area contributed by atoms with Gasteiger partial charge in [0.2, 0.25) is 5.91 Å². The molecular weight excluding hydrogens is 369 g/mol. The minimum Gasteiger partial charge on any atom is -0.300 e. The number of hydrogen-bond donors (Lipinski definition) is 1. The zero-order valence-electron chi connectivity index (χ0n) is 13.8. The lowest BCUT2D eigenvalue weighted by Gasteiger charge is -2.04. The molecule has 4 aromatic rings. The molecule has 2 aromatic heterocycles. The number of carbonyl (C=O) groups is 1. The van der Waals surface area contributed by atoms with Crippen molar-refractivity contribution in [3.8, 4) is 11.3 Å². The van der Waals surface area contributed by atoms with Crippen LogP contribution in [-0.4, -0.2) is 25.9 Å². The van der Waals surface area contributed by atoms with Crippen LogP contribution in [-0.2, 0) is 11.3 Å². The number of fused-ring (bicyclic) bond motifs is 1. The molecule has 0 saturated carbocycles. The number of nitrogens with zero attached hydrogens (tertiary/aromatic N) is 4. The molecule has 1 amide bonds. The van der Waals surface area contributed by atoms with Gasteiger partial charge in [0.05, 0.1) is 11.1 Å². The number of hydrogen-bond acceptors (Lipinski definition) is 6. The highest BCUT2D eigenvalue weighted by Gasteiger charge is 2.12. The lowest BCUT2D eigenvalue weighted by molar-refractivity contribution is -0.117. The van der Waals surface area contributed by atoms with E-state index in [9.17, 15) is 14.0 Å². The molecule has 134 valence electrons. The van der Waals surface area contributed by atoms with Gasteiger partial charge in [0.25, 0.3) is 5.56 Å². The summed E-state index contributed by atoms with van der Waals surface area (Å²) in [7, 11) is 0. The van der Waals surface area contributed by atoms with Crippen molar-refractivity contribution >= 4 is 33.3 Å². The third-order valence-corrected chi connectivity index (χ3v) is 4.55. The van der Waals surface area contributed by atoms with E-state index in [2.05, 4.69) is 20.6 Å². The molecular formula is C18H12FN5O2S. The Bertz CT molecular complexity index is 1200. The summed E-state index contributed by atoms with van der Waals surface area (Å²) in [5, 5.41) is 12.8. The molecule has 0 aliphatic rings. The first-order valence-corrected chi connectivity index (χ1v) is 8.82. The van der Waals surface area contributed by atoms with E-state index in [0.717, 1.165) is 4.68 Å². The van der Waals surface area contributed by atoms with Crippen LogP contribution in [0.25, 0.3) is 22.2 Å². The zero-order valence-corrected chi connectivity index (χ0v) is 14.6. The number of amides is 1. The summed E-state index contributed by atoms with van der Waals surface area (Å²) < 4.78 is 14.3. The number of halogens is 1. The first-order valence-electron chi connectivity index (χ1n) is 7.94. The SMILES string of the molecule is O=C(Cn1nnc2ccccc2c1=O)Nc1nc(-c2cccc(F)c2)cs1. The van der Waals surface area contributed by atoms with Crippen molar-refractivity contribution in [1.29, 1.82) is 0 Å². The van der Waals surface area contributed by atoms with Crippen LogP contribution < -0.4 is 10.9 Å². The number of carbonyl (C=O) groups excluding carboxylic acids is 1. The molecule has 0 saturated heterocycles. The fraction of sp³-hybridized carbons (Fsp3) is 0.0556. The molecule has 1 N–H and O–H groups in total. The van der Waals surface area contributed by atoms with Crippen molar-refractivity contribution in [2.75, 3.05) is 5.32 Å². The molecule has 0 radical (unpaired) electrons. The standard InChI is InChI=1S/C18H12FN5O2S/c19-12-5-3-4-11(8-12)15-10-27-18(20-15)21-16(25)9-24-17(26)13-6-1-2-7-14(13)22-23-24/h1-8,10H,9H2,(H,20,21,25). The summed E-state index contributed by atoms with van der Waals surface area (Å²) in [6.45, 7) is -0.286. The predicted molar refractivity (Wildman–Crippen MR) is 99.9 cm³/mol. The third-order valence-electron chi connectivity index (χ3n) is 3.79. The lowest BCUT2D eigenvalue weighted by atomic mass is 10.2. The summed E-state index contributed by atoms with van der Waals surface area (Å²) >= 11 is 1.21. The van der Waals surface area contributed by atoms with E-state index in [4.69, 9.17) is 0 Å². The van der Waals surface area contributed by atoms with Gasteiger partial charge in [-0.1, -0.05) is 29.5 Å². The van der Waals surface area contributed by atoms with Crippen molar-refractivity contribution in [3.05, 3.63) is 70.1 Å². The van der Waals surface area contributed by atoms with Crippen LogP contribution in [0.1, 0.15) is 0 Å². The number of benzene rings is 2. The van der Waals surface area contributed by atoms with Gasteiger partial charge >= 0.3 is 0 Å². The van der Waals surface area contributed by atoms with Gasteiger partial charge in [0.15, 0.2) is 5.13 Å². The van der Waals surface area contributed by atoms with Crippen LogP contribution in [0.15, 0.2) is 58.7 Å². The zero-order chi connectivity index (χ0) is 18.8. The Morgan fingerprint density at radius 3 is 2.89 bits per heavy atom. The number of nitrogens with one attached hydrogen (secondary N) is 1. The van der Waals surface area contributed by atoms with E-state index in [0.29, 0.717) is 27.3 Å².